The molecule has 138 valence electrons. The van der Waals surface area contributed by atoms with E-state index in [4.69, 9.17) is 9.84 Å². The van der Waals surface area contributed by atoms with E-state index >= 15 is 0 Å². The van der Waals surface area contributed by atoms with Crippen LogP contribution in [0, 0.1) is 11.8 Å². The highest BCUT2D eigenvalue weighted by Gasteiger charge is 2.71. The predicted octanol–water partition coefficient (Wildman–Crippen LogP) is 1.27. The molecule has 1 aliphatic heterocycles. The fourth-order valence-corrected chi connectivity index (χ4v) is 3.44. The van der Waals surface area contributed by atoms with Gasteiger partial charge in [0, 0.05) is 20.2 Å². The molecule has 2 aliphatic rings. The van der Waals surface area contributed by atoms with Crippen molar-refractivity contribution in [2.75, 3.05) is 25.1 Å². The minimum Gasteiger partial charge on any atom is -0.476 e. The molecule has 4 rings (SSSR count). The second-order valence-electron chi connectivity index (χ2n) is 6.61. The second kappa shape index (κ2) is 5.97. The molecule has 1 N–H and O–H groups in total. The number of piperidine rings is 1. The lowest BCUT2D eigenvalue weighted by molar-refractivity contribution is 0.0689. The third kappa shape index (κ3) is 2.79. The molecule has 10 heteroatoms. The first-order valence-electron chi connectivity index (χ1n) is 8.14. The molecule has 26 heavy (non-hydrogen) atoms. The third-order valence-corrected chi connectivity index (χ3v) is 4.95. The summed E-state index contributed by atoms with van der Waals surface area (Å²) in [4.78, 5) is 17.3. The average molecular weight is 365 g/mol. The van der Waals surface area contributed by atoms with Crippen molar-refractivity contribution >= 4 is 11.8 Å². The average Bonchev–Trinajstić information content (AvgIpc) is 3.05. The summed E-state index contributed by atoms with van der Waals surface area (Å²) in [6, 6.07) is 3.62. The number of fused-ring (bicyclic) bond motifs is 1. The number of ether oxygens (including phenoxy) is 1. The SMILES string of the molecule is COCc1nc(N2CC3C(C2)C3(F)F)ccc1Cn1cc(C(=O)O)nn1. The molecule has 0 radical (unpaired) electrons. The van der Waals surface area contributed by atoms with Gasteiger partial charge in [-0.1, -0.05) is 11.3 Å². The molecule has 0 spiro atoms. The van der Waals surface area contributed by atoms with E-state index in [9.17, 15) is 13.6 Å². The summed E-state index contributed by atoms with van der Waals surface area (Å²) in [5.74, 6) is -4.17. The van der Waals surface area contributed by atoms with Crippen molar-refractivity contribution in [2.24, 2.45) is 11.8 Å². The van der Waals surface area contributed by atoms with E-state index in [1.54, 1.807) is 13.2 Å². The molecule has 1 aliphatic carbocycles. The number of carbonyl (C=O) groups is 1. The number of anilines is 1. The van der Waals surface area contributed by atoms with Crippen LogP contribution in [0.2, 0.25) is 0 Å². The summed E-state index contributed by atoms with van der Waals surface area (Å²) < 4.78 is 33.3. The van der Waals surface area contributed by atoms with Crippen LogP contribution in [0.5, 0.6) is 0 Å². The monoisotopic (exact) mass is 365 g/mol. The maximum Gasteiger partial charge on any atom is 0.358 e. The van der Waals surface area contributed by atoms with Crippen molar-refractivity contribution < 1.29 is 23.4 Å². The van der Waals surface area contributed by atoms with Gasteiger partial charge in [-0.05, 0) is 11.6 Å². The van der Waals surface area contributed by atoms with Gasteiger partial charge in [-0.2, -0.15) is 0 Å². The number of carboxylic acids is 1. The highest BCUT2D eigenvalue weighted by Crippen LogP contribution is 2.59. The zero-order valence-corrected chi connectivity index (χ0v) is 14.0. The zero-order valence-electron chi connectivity index (χ0n) is 14.0. The molecule has 3 heterocycles. The van der Waals surface area contributed by atoms with Crippen molar-refractivity contribution in [1.82, 2.24) is 20.0 Å². The molecular formula is C16H17F2N5O3. The van der Waals surface area contributed by atoms with Crippen LogP contribution in [-0.2, 0) is 17.9 Å². The number of pyridine rings is 1. The zero-order chi connectivity index (χ0) is 18.5. The first-order chi connectivity index (χ1) is 12.4. The molecule has 2 aromatic heterocycles. The van der Waals surface area contributed by atoms with Crippen molar-refractivity contribution in [3.05, 3.63) is 35.3 Å². The van der Waals surface area contributed by atoms with E-state index < -0.39 is 23.7 Å². The number of alkyl halides is 2. The van der Waals surface area contributed by atoms with Crippen LogP contribution in [0.3, 0.4) is 0 Å². The number of halogens is 2. The van der Waals surface area contributed by atoms with Crippen LogP contribution in [0.1, 0.15) is 21.7 Å². The Bertz CT molecular complexity index is 842. The van der Waals surface area contributed by atoms with Gasteiger partial charge < -0.3 is 14.7 Å². The van der Waals surface area contributed by atoms with Gasteiger partial charge in [0.15, 0.2) is 5.69 Å². The molecule has 1 saturated heterocycles. The van der Waals surface area contributed by atoms with Crippen molar-refractivity contribution in [3.63, 3.8) is 0 Å². The fourth-order valence-electron chi connectivity index (χ4n) is 3.44. The Morgan fingerprint density at radius 1 is 1.38 bits per heavy atom. The Morgan fingerprint density at radius 2 is 2.12 bits per heavy atom. The van der Waals surface area contributed by atoms with E-state index in [-0.39, 0.29) is 18.8 Å². The fraction of sp³-hybridized carbons (Fsp3) is 0.500. The van der Waals surface area contributed by atoms with Crippen LogP contribution in [0.4, 0.5) is 14.6 Å². The summed E-state index contributed by atoms with van der Waals surface area (Å²) in [7, 11) is 1.54. The van der Waals surface area contributed by atoms with Crippen molar-refractivity contribution in [1.29, 1.82) is 0 Å². The number of carboxylic acid groups (broad SMARTS) is 1. The number of aromatic nitrogens is 4. The molecular weight excluding hydrogens is 348 g/mol. The minimum absolute atomic E-state index is 0.139. The molecule has 2 unspecified atom stereocenters. The summed E-state index contributed by atoms with van der Waals surface area (Å²) in [5, 5.41) is 16.3. The van der Waals surface area contributed by atoms with Gasteiger partial charge in [-0.15, -0.1) is 5.10 Å². The number of aromatic carboxylic acids is 1. The van der Waals surface area contributed by atoms with Crippen LogP contribution in [-0.4, -0.2) is 57.2 Å². The van der Waals surface area contributed by atoms with Gasteiger partial charge >= 0.3 is 5.97 Å². The van der Waals surface area contributed by atoms with Gasteiger partial charge in [-0.3, -0.25) is 0 Å². The molecule has 1 saturated carbocycles. The van der Waals surface area contributed by atoms with Crippen LogP contribution < -0.4 is 4.90 Å². The van der Waals surface area contributed by atoms with E-state index in [2.05, 4.69) is 15.3 Å². The molecule has 8 nitrogen and oxygen atoms in total. The molecule has 2 fully saturated rings. The van der Waals surface area contributed by atoms with E-state index in [0.717, 1.165) is 5.56 Å². The summed E-state index contributed by atoms with van der Waals surface area (Å²) in [6.45, 7) is 1.15. The van der Waals surface area contributed by atoms with Gasteiger partial charge in [0.1, 0.15) is 5.82 Å². The van der Waals surface area contributed by atoms with E-state index in [1.165, 1.54) is 10.9 Å². The van der Waals surface area contributed by atoms with Crippen LogP contribution in [0.25, 0.3) is 0 Å². The van der Waals surface area contributed by atoms with Gasteiger partial charge in [-0.25, -0.2) is 23.2 Å². The Balaban J connectivity index is 1.53. The smallest absolute Gasteiger partial charge is 0.358 e. The van der Waals surface area contributed by atoms with Crippen LogP contribution in [0.15, 0.2) is 18.3 Å². The quantitative estimate of drug-likeness (QED) is 0.824. The Labute approximate surface area is 147 Å². The summed E-state index contributed by atoms with van der Waals surface area (Å²) >= 11 is 0. The number of nitrogens with zero attached hydrogens (tertiary/aromatic N) is 5. The number of methoxy groups -OCH3 is 1. The first kappa shape index (κ1) is 16.8. The topological polar surface area (TPSA) is 93.4 Å². The Kier molecular flexibility index (Phi) is 3.87. The number of rotatable bonds is 6. The highest BCUT2D eigenvalue weighted by atomic mass is 19.3. The molecule has 0 bridgehead atoms. The predicted molar refractivity (Wildman–Crippen MR) is 85.2 cm³/mol. The van der Waals surface area contributed by atoms with Gasteiger partial charge in [0.2, 0.25) is 0 Å². The Morgan fingerprint density at radius 3 is 2.73 bits per heavy atom. The summed E-state index contributed by atoms with van der Waals surface area (Å²) in [5.41, 5.74) is 1.32. The standard InChI is InChI=1S/C16H17F2N5O3/c1-26-8-13-9(4-23-7-12(15(24)25)20-21-23)2-3-14(19-13)22-5-10-11(6-22)16(10,17)18/h2-3,7,10-11H,4-6,8H2,1H3,(H,24,25). The van der Waals surface area contributed by atoms with E-state index in [1.807, 2.05) is 11.0 Å². The van der Waals surface area contributed by atoms with Crippen LogP contribution >= 0.6 is 0 Å². The third-order valence-electron chi connectivity index (χ3n) is 4.95. The Hall–Kier alpha value is -2.62. The lowest BCUT2D eigenvalue weighted by atomic mass is 10.2. The normalized spacial score (nSPS) is 23.1. The minimum atomic E-state index is -2.53. The number of hydrogen-bond donors (Lipinski definition) is 1. The number of hydrogen-bond acceptors (Lipinski definition) is 6. The molecule has 2 atom stereocenters. The summed E-state index contributed by atoms with van der Waals surface area (Å²) in [6.07, 6.45) is 1.34. The maximum absolute atomic E-state index is 13.4. The molecule has 2 aromatic rings. The lowest BCUT2D eigenvalue weighted by Gasteiger charge is -2.22. The first-order valence-corrected chi connectivity index (χ1v) is 8.14. The van der Waals surface area contributed by atoms with Crippen molar-refractivity contribution in [3.8, 4) is 0 Å². The molecule has 0 amide bonds. The second-order valence-corrected chi connectivity index (χ2v) is 6.61. The maximum atomic E-state index is 13.4. The molecule has 0 aromatic carbocycles. The van der Waals surface area contributed by atoms with Crippen molar-refractivity contribution in [2.45, 2.75) is 19.1 Å². The van der Waals surface area contributed by atoms with Gasteiger partial charge in [0.05, 0.1) is 36.9 Å². The van der Waals surface area contributed by atoms with E-state index in [0.29, 0.717) is 24.6 Å². The lowest BCUT2D eigenvalue weighted by Crippen LogP contribution is -2.28. The largest absolute Gasteiger partial charge is 0.476 e. The highest BCUT2D eigenvalue weighted by molar-refractivity contribution is 5.84. The van der Waals surface area contributed by atoms with Gasteiger partial charge in [0.25, 0.3) is 5.92 Å².